The van der Waals surface area contributed by atoms with E-state index in [0.29, 0.717) is 11.3 Å². The minimum atomic E-state index is -3.86. The van der Waals surface area contributed by atoms with E-state index in [-0.39, 0.29) is 30.4 Å². The maximum absolute atomic E-state index is 13.0. The van der Waals surface area contributed by atoms with Gasteiger partial charge in [0.05, 0.1) is 12.4 Å². The number of sulfonamides is 1. The molecule has 1 amide bonds. The van der Waals surface area contributed by atoms with E-state index in [4.69, 9.17) is 16.3 Å². The Morgan fingerprint density at radius 1 is 1.19 bits per heavy atom. The van der Waals surface area contributed by atoms with E-state index in [9.17, 15) is 18.0 Å². The Kier molecular flexibility index (Phi) is 8.16. The molecule has 1 atom stereocenters. The van der Waals surface area contributed by atoms with Gasteiger partial charge in [0.1, 0.15) is 11.7 Å². The summed E-state index contributed by atoms with van der Waals surface area (Å²) in [5.41, 5.74) is 13.4. The molecule has 11 nitrogen and oxygen atoms in total. The van der Waals surface area contributed by atoms with Crippen molar-refractivity contribution in [2.75, 3.05) is 18.4 Å². The van der Waals surface area contributed by atoms with Crippen molar-refractivity contribution in [2.24, 2.45) is 16.5 Å². The van der Waals surface area contributed by atoms with Crippen LogP contribution in [0.25, 0.3) is 0 Å². The molecule has 0 bridgehead atoms. The van der Waals surface area contributed by atoms with Gasteiger partial charge in [0, 0.05) is 19.2 Å². The number of carbonyl (C=O) groups excluding carboxylic acids is 1. The number of guanidine groups is 1. The van der Waals surface area contributed by atoms with E-state index in [1.165, 1.54) is 19.2 Å². The van der Waals surface area contributed by atoms with Gasteiger partial charge in [-0.1, -0.05) is 30.3 Å². The number of carbonyl (C=O) groups is 1. The first kappa shape index (κ1) is 23.9. The highest BCUT2D eigenvalue weighted by atomic mass is 32.2. The number of aliphatic imine (C=N–C) groups is 1. The SMILES string of the molecule is CN=C(N)NOCCC(C(N)=O)n1c(C)ccc(NS(=O)(=O)Cc2ccccc2)c1=O. The van der Waals surface area contributed by atoms with Gasteiger partial charge in [-0.15, -0.1) is 0 Å². The van der Waals surface area contributed by atoms with Gasteiger partial charge in [-0.25, -0.2) is 13.9 Å². The van der Waals surface area contributed by atoms with E-state index in [2.05, 4.69) is 15.2 Å². The normalized spacial score (nSPS) is 12.9. The summed E-state index contributed by atoms with van der Waals surface area (Å²) in [7, 11) is -2.40. The Labute approximate surface area is 180 Å². The minimum absolute atomic E-state index is 0.0142. The summed E-state index contributed by atoms with van der Waals surface area (Å²) in [6.07, 6.45) is 0.0420. The zero-order valence-electron chi connectivity index (χ0n) is 17.2. The van der Waals surface area contributed by atoms with Crippen LogP contribution in [0.15, 0.2) is 52.3 Å². The fourth-order valence-electron chi connectivity index (χ4n) is 2.85. The van der Waals surface area contributed by atoms with Crippen LogP contribution in [0.2, 0.25) is 0 Å². The van der Waals surface area contributed by atoms with Crippen LogP contribution in [0.3, 0.4) is 0 Å². The second kappa shape index (κ2) is 10.6. The molecule has 2 aromatic rings. The quantitative estimate of drug-likeness (QED) is 0.170. The number of nitrogens with one attached hydrogen (secondary N) is 2. The molecule has 1 unspecified atom stereocenters. The summed E-state index contributed by atoms with van der Waals surface area (Å²) in [5, 5.41) is 0. The highest BCUT2D eigenvalue weighted by Gasteiger charge is 2.23. The molecule has 12 heteroatoms. The van der Waals surface area contributed by atoms with Gasteiger partial charge in [0.25, 0.3) is 5.56 Å². The van der Waals surface area contributed by atoms with Crippen LogP contribution in [-0.4, -0.2) is 38.5 Å². The van der Waals surface area contributed by atoms with Gasteiger partial charge in [0.15, 0.2) is 0 Å². The van der Waals surface area contributed by atoms with Crippen LogP contribution in [-0.2, 0) is 25.4 Å². The highest BCUT2D eigenvalue weighted by Crippen LogP contribution is 2.16. The number of primary amides is 1. The lowest BCUT2D eigenvalue weighted by Gasteiger charge is -2.20. The number of pyridine rings is 1. The number of hydroxylamine groups is 1. The van der Waals surface area contributed by atoms with Gasteiger partial charge < -0.3 is 11.5 Å². The number of anilines is 1. The molecule has 31 heavy (non-hydrogen) atoms. The third kappa shape index (κ3) is 6.83. The maximum atomic E-state index is 13.0. The second-order valence-electron chi connectivity index (χ2n) is 6.68. The first-order chi connectivity index (χ1) is 14.6. The van der Waals surface area contributed by atoms with Crippen LogP contribution >= 0.6 is 0 Å². The van der Waals surface area contributed by atoms with E-state index in [1.54, 1.807) is 37.3 Å². The van der Waals surface area contributed by atoms with Gasteiger partial charge in [-0.05, 0) is 24.6 Å². The van der Waals surface area contributed by atoms with Gasteiger partial charge >= 0.3 is 0 Å². The van der Waals surface area contributed by atoms with Crippen molar-refractivity contribution in [3.63, 3.8) is 0 Å². The van der Waals surface area contributed by atoms with Gasteiger partial charge in [-0.2, -0.15) is 0 Å². The molecule has 1 aromatic carbocycles. The molecule has 0 fully saturated rings. The first-order valence-corrected chi connectivity index (χ1v) is 11.0. The average Bonchev–Trinajstić information content (AvgIpc) is 2.71. The van der Waals surface area contributed by atoms with Crippen molar-refractivity contribution in [3.8, 4) is 0 Å². The van der Waals surface area contributed by atoms with Crippen molar-refractivity contribution >= 4 is 27.6 Å². The maximum Gasteiger partial charge on any atom is 0.275 e. The van der Waals surface area contributed by atoms with Crippen LogP contribution in [0, 0.1) is 6.92 Å². The van der Waals surface area contributed by atoms with Crippen molar-refractivity contribution in [3.05, 3.63) is 64.1 Å². The molecule has 0 saturated heterocycles. The molecule has 1 aromatic heterocycles. The molecule has 1 heterocycles. The summed E-state index contributed by atoms with van der Waals surface area (Å²) in [4.78, 5) is 33.8. The third-order valence-corrected chi connectivity index (χ3v) is 5.58. The fraction of sp³-hybridized carbons (Fsp3) is 0.316. The Hall–Kier alpha value is -3.38. The van der Waals surface area contributed by atoms with Crippen LogP contribution in [0.1, 0.15) is 23.7 Å². The number of benzene rings is 1. The Morgan fingerprint density at radius 3 is 2.48 bits per heavy atom. The Morgan fingerprint density at radius 2 is 1.87 bits per heavy atom. The van der Waals surface area contributed by atoms with Gasteiger partial charge in [0.2, 0.25) is 21.9 Å². The van der Waals surface area contributed by atoms with E-state index < -0.39 is 27.5 Å². The number of hydrogen-bond donors (Lipinski definition) is 4. The highest BCUT2D eigenvalue weighted by molar-refractivity contribution is 7.91. The largest absolute Gasteiger partial charge is 0.368 e. The molecule has 0 aliphatic carbocycles. The molecule has 0 saturated carbocycles. The van der Waals surface area contributed by atoms with E-state index in [1.807, 2.05) is 0 Å². The summed E-state index contributed by atoms with van der Waals surface area (Å²) in [5.74, 6) is -1.03. The van der Waals surface area contributed by atoms with Crippen molar-refractivity contribution in [2.45, 2.75) is 25.1 Å². The minimum Gasteiger partial charge on any atom is -0.368 e. The Bertz CT molecular complexity index is 1100. The number of amides is 1. The van der Waals surface area contributed by atoms with Crippen molar-refractivity contribution < 1.29 is 18.0 Å². The fourth-order valence-corrected chi connectivity index (χ4v) is 4.04. The Balaban J connectivity index is 2.25. The predicted octanol–water partition coefficient (Wildman–Crippen LogP) is -0.0192. The van der Waals surface area contributed by atoms with Gasteiger partial charge in [-0.3, -0.25) is 28.7 Å². The van der Waals surface area contributed by atoms with Crippen LogP contribution in [0.4, 0.5) is 5.69 Å². The number of aromatic nitrogens is 1. The molecule has 0 radical (unpaired) electrons. The van der Waals surface area contributed by atoms with Crippen molar-refractivity contribution in [1.82, 2.24) is 10.0 Å². The number of hydrogen-bond acceptors (Lipinski definition) is 6. The molecule has 0 spiro atoms. The molecular weight excluding hydrogens is 424 g/mol. The zero-order valence-corrected chi connectivity index (χ0v) is 18.1. The summed E-state index contributed by atoms with van der Waals surface area (Å²) in [6.45, 7) is 1.60. The zero-order chi connectivity index (χ0) is 23.0. The van der Waals surface area contributed by atoms with Crippen LogP contribution in [0.5, 0.6) is 0 Å². The molecule has 0 aliphatic heterocycles. The second-order valence-corrected chi connectivity index (χ2v) is 8.40. The third-order valence-electron chi connectivity index (χ3n) is 4.34. The topological polar surface area (TPSA) is 171 Å². The lowest BCUT2D eigenvalue weighted by atomic mass is 10.1. The number of rotatable bonds is 10. The predicted molar refractivity (Wildman–Crippen MR) is 118 cm³/mol. The van der Waals surface area contributed by atoms with Crippen molar-refractivity contribution in [1.29, 1.82) is 0 Å². The number of nitrogens with two attached hydrogens (primary N) is 2. The smallest absolute Gasteiger partial charge is 0.275 e. The first-order valence-electron chi connectivity index (χ1n) is 9.30. The van der Waals surface area contributed by atoms with E-state index in [0.717, 1.165) is 4.57 Å². The molecule has 0 aliphatic rings. The number of aryl methyl sites for hydroxylation is 1. The standard InChI is InChI=1S/C19H26N6O5S/c1-13-8-9-15(24-31(28,29)12-14-6-4-3-5-7-14)18(27)25(13)16(17(20)26)10-11-30-23-19(21)22-2/h3-9,16,24H,10-12H2,1-2H3,(H2,20,26)(H3,21,22,23). The summed E-state index contributed by atoms with van der Waals surface area (Å²) < 4.78 is 28.5. The molecule has 2 rings (SSSR count). The molecule has 168 valence electrons. The monoisotopic (exact) mass is 450 g/mol. The molecular formula is C19H26N6O5S. The lowest BCUT2D eigenvalue weighted by Crippen LogP contribution is -2.38. The average molecular weight is 451 g/mol. The summed E-state index contributed by atoms with van der Waals surface area (Å²) in [6, 6.07) is 10.4. The lowest BCUT2D eigenvalue weighted by molar-refractivity contribution is -0.122. The summed E-state index contributed by atoms with van der Waals surface area (Å²) >= 11 is 0. The number of nitrogens with zero attached hydrogens (tertiary/aromatic N) is 2. The van der Waals surface area contributed by atoms with Crippen LogP contribution < -0.4 is 27.2 Å². The van der Waals surface area contributed by atoms with E-state index >= 15 is 0 Å². The molecule has 6 N–H and O–H groups in total.